The molecular weight excluding hydrogens is 254 g/mol. The van der Waals surface area contributed by atoms with Crippen LogP contribution in [0.15, 0.2) is 24.3 Å². The van der Waals surface area contributed by atoms with E-state index in [1.54, 1.807) is 17.0 Å². The number of nitrogens with one attached hydrogen (secondary N) is 1. The third-order valence-corrected chi connectivity index (χ3v) is 3.12. The van der Waals surface area contributed by atoms with E-state index in [4.69, 9.17) is 10.5 Å². The second kappa shape index (κ2) is 4.98. The molecule has 5 heteroatoms. The summed E-state index contributed by atoms with van der Waals surface area (Å²) in [7, 11) is 0. The Morgan fingerprint density at radius 3 is 2.40 bits per heavy atom. The van der Waals surface area contributed by atoms with Crippen LogP contribution in [0.1, 0.15) is 27.7 Å². The molecule has 0 unspecified atom stereocenters. The summed E-state index contributed by atoms with van der Waals surface area (Å²) in [5.74, 6) is 0. The highest BCUT2D eigenvalue weighted by Gasteiger charge is 2.39. The molecule has 0 radical (unpaired) electrons. The van der Waals surface area contributed by atoms with Gasteiger partial charge in [-0.1, -0.05) is 6.07 Å². The molecule has 0 spiro atoms. The normalized spacial score (nSPS) is 20.5. The number of benzene rings is 1. The standard InChI is InChI=1S/C15H23N3O2/c1-14(2)9-18(10-15(3,4)20-14)13(19)17-12-7-5-6-11(16)8-12/h5-8H,9-10,16H2,1-4H3,(H,17,19). The van der Waals surface area contributed by atoms with Gasteiger partial charge < -0.3 is 20.7 Å². The van der Waals surface area contributed by atoms with Gasteiger partial charge in [-0.25, -0.2) is 4.79 Å². The summed E-state index contributed by atoms with van der Waals surface area (Å²) in [5, 5.41) is 2.88. The minimum atomic E-state index is -0.352. The van der Waals surface area contributed by atoms with E-state index in [-0.39, 0.29) is 17.2 Å². The van der Waals surface area contributed by atoms with E-state index in [1.807, 2.05) is 39.8 Å². The number of amides is 2. The second-order valence-electron chi connectivity index (χ2n) is 6.53. The van der Waals surface area contributed by atoms with Gasteiger partial charge >= 0.3 is 6.03 Å². The molecule has 0 aliphatic carbocycles. The highest BCUT2D eigenvalue weighted by molar-refractivity contribution is 5.90. The lowest BCUT2D eigenvalue weighted by atomic mass is 9.99. The number of nitrogens with two attached hydrogens (primary N) is 1. The maximum absolute atomic E-state index is 12.4. The molecular formula is C15H23N3O2. The van der Waals surface area contributed by atoms with Crippen molar-refractivity contribution in [3.8, 4) is 0 Å². The lowest BCUT2D eigenvalue weighted by Gasteiger charge is -2.46. The summed E-state index contributed by atoms with van der Waals surface area (Å²) in [6, 6.07) is 7.05. The molecule has 0 aromatic heterocycles. The summed E-state index contributed by atoms with van der Waals surface area (Å²) in [4.78, 5) is 14.2. The number of nitrogen functional groups attached to an aromatic ring is 1. The van der Waals surface area contributed by atoms with Crippen LogP contribution < -0.4 is 11.1 Å². The number of nitrogens with zero attached hydrogens (tertiary/aromatic N) is 1. The third kappa shape index (κ3) is 3.63. The zero-order chi connectivity index (χ0) is 15.0. The Hall–Kier alpha value is -1.75. The first-order chi connectivity index (χ1) is 9.17. The lowest BCUT2D eigenvalue weighted by molar-refractivity contribution is -0.169. The minimum absolute atomic E-state index is 0.125. The van der Waals surface area contributed by atoms with Crippen LogP contribution in [0.4, 0.5) is 16.2 Å². The number of carbonyl (C=O) groups excluding carboxylic acids is 1. The van der Waals surface area contributed by atoms with E-state index in [1.165, 1.54) is 0 Å². The van der Waals surface area contributed by atoms with Crippen LogP contribution in [0.2, 0.25) is 0 Å². The maximum Gasteiger partial charge on any atom is 0.322 e. The lowest BCUT2D eigenvalue weighted by Crippen LogP contribution is -2.59. The van der Waals surface area contributed by atoms with Crippen molar-refractivity contribution in [3.63, 3.8) is 0 Å². The van der Waals surface area contributed by atoms with Gasteiger partial charge in [0.15, 0.2) is 0 Å². The van der Waals surface area contributed by atoms with E-state index in [0.29, 0.717) is 24.5 Å². The molecule has 1 heterocycles. The molecule has 20 heavy (non-hydrogen) atoms. The summed E-state index contributed by atoms with van der Waals surface area (Å²) in [6.07, 6.45) is 0. The first kappa shape index (κ1) is 14.7. The van der Waals surface area contributed by atoms with E-state index in [9.17, 15) is 4.79 Å². The van der Waals surface area contributed by atoms with Crippen LogP contribution in [0.5, 0.6) is 0 Å². The van der Waals surface area contributed by atoms with Crippen molar-refractivity contribution in [2.45, 2.75) is 38.9 Å². The van der Waals surface area contributed by atoms with Crippen molar-refractivity contribution in [1.82, 2.24) is 4.90 Å². The quantitative estimate of drug-likeness (QED) is 0.775. The van der Waals surface area contributed by atoms with Crippen molar-refractivity contribution in [1.29, 1.82) is 0 Å². The Balaban J connectivity index is 2.09. The number of morpholine rings is 1. The Morgan fingerprint density at radius 2 is 1.85 bits per heavy atom. The highest BCUT2D eigenvalue weighted by Crippen LogP contribution is 2.28. The fourth-order valence-corrected chi connectivity index (χ4v) is 2.75. The summed E-state index contributed by atoms with van der Waals surface area (Å²) < 4.78 is 5.97. The molecule has 1 saturated heterocycles. The summed E-state index contributed by atoms with van der Waals surface area (Å²) in [5.41, 5.74) is 6.34. The van der Waals surface area contributed by atoms with Crippen molar-refractivity contribution in [2.75, 3.05) is 24.1 Å². The number of anilines is 2. The van der Waals surface area contributed by atoms with Crippen LogP contribution in [0.3, 0.4) is 0 Å². The first-order valence-corrected chi connectivity index (χ1v) is 6.79. The van der Waals surface area contributed by atoms with Gasteiger partial charge in [-0.3, -0.25) is 0 Å². The summed E-state index contributed by atoms with van der Waals surface area (Å²) >= 11 is 0. The number of ether oxygens (including phenoxy) is 1. The zero-order valence-electron chi connectivity index (χ0n) is 12.6. The molecule has 0 saturated carbocycles. The third-order valence-electron chi connectivity index (χ3n) is 3.12. The molecule has 1 aliphatic heterocycles. The van der Waals surface area contributed by atoms with Crippen LogP contribution in [0, 0.1) is 0 Å². The molecule has 0 bridgehead atoms. The van der Waals surface area contributed by atoms with Gasteiger partial charge in [-0.15, -0.1) is 0 Å². The fraction of sp³-hybridized carbons (Fsp3) is 0.533. The smallest absolute Gasteiger partial charge is 0.322 e. The zero-order valence-corrected chi connectivity index (χ0v) is 12.6. The van der Waals surface area contributed by atoms with Crippen LogP contribution in [-0.4, -0.2) is 35.2 Å². The van der Waals surface area contributed by atoms with Gasteiger partial charge in [-0.05, 0) is 45.9 Å². The first-order valence-electron chi connectivity index (χ1n) is 6.79. The number of carbonyl (C=O) groups is 1. The average molecular weight is 277 g/mol. The topological polar surface area (TPSA) is 67.6 Å². The molecule has 110 valence electrons. The molecule has 1 aliphatic rings. The number of hydrogen-bond donors (Lipinski definition) is 2. The summed E-state index contributed by atoms with van der Waals surface area (Å²) in [6.45, 7) is 9.10. The van der Waals surface area contributed by atoms with Crippen molar-refractivity contribution < 1.29 is 9.53 Å². The Bertz CT molecular complexity index is 496. The van der Waals surface area contributed by atoms with Crippen LogP contribution in [0.25, 0.3) is 0 Å². The van der Waals surface area contributed by atoms with Crippen LogP contribution >= 0.6 is 0 Å². The molecule has 2 amide bonds. The number of urea groups is 1. The van der Waals surface area contributed by atoms with E-state index in [0.717, 1.165) is 0 Å². The largest absolute Gasteiger partial charge is 0.399 e. The van der Waals surface area contributed by atoms with E-state index < -0.39 is 0 Å². The molecule has 5 nitrogen and oxygen atoms in total. The molecule has 3 N–H and O–H groups in total. The Labute approximate surface area is 120 Å². The van der Waals surface area contributed by atoms with Crippen molar-refractivity contribution in [2.24, 2.45) is 0 Å². The molecule has 1 fully saturated rings. The highest BCUT2D eigenvalue weighted by atomic mass is 16.5. The van der Waals surface area contributed by atoms with Gasteiger partial charge in [0.05, 0.1) is 24.3 Å². The predicted octanol–water partition coefficient (Wildman–Crippen LogP) is 2.69. The SMILES string of the molecule is CC1(C)CN(C(=O)Nc2cccc(N)c2)CC(C)(C)O1. The van der Waals surface area contributed by atoms with Gasteiger partial charge in [0.25, 0.3) is 0 Å². The van der Waals surface area contributed by atoms with Gasteiger partial charge in [0.2, 0.25) is 0 Å². The average Bonchev–Trinajstić information content (AvgIpc) is 2.24. The van der Waals surface area contributed by atoms with Crippen molar-refractivity contribution >= 4 is 17.4 Å². The van der Waals surface area contributed by atoms with Crippen LogP contribution in [-0.2, 0) is 4.74 Å². The van der Waals surface area contributed by atoms with Gasteiger partial charge in [-0.2, -0.15) is 0 Å². The Kier molecular flexibility index (Phi) is 3.65. The van der Waals surface area contributed by atoms with E-state index in [2.05, 4.69) is 5.32 Å². The van der Waals surface area contributed by atoms with Gasteiger partial charge in [0, 0.05) is 11.4 Å². The predicted molar refractivity (Wildman–Crippen MR) is 80.7 cm³/mol. The molecule has 2 rings (SSSR count). The molecule has 0 atom stereocenters. The van der Waals surface area contributed by atoms with E-state index >= 15 is 0 Å². The maximum atomic E-state index is 12.4. The monoisotopic (exact) mass is 277 g/mol. The molecule has 1 aromatic rings. The number of hydrogen-bond acceptors (Lipinski definition) is 3. The number of rotatable bonds is 1. The fourth-order valence-electron chi connectivity index (χ4n) is 2.75. The van der Waals surface area contributed by atoms with Crippen molar-refractivity contribution in [3.05, 3.63) is 24.3 Å². The second-order valence-corrected chi connectivity index (χ2v) is 6.53. The molecule has 1 aromatic carbocycles. The van der Waals surface area contributed by atoms with Gasteiger partial charge in [0.1, 0.15) is 0 Å². The minimum Gasteiger partial charge on any atom is -0.399 e. The Morgan fingerprint density at radius 1 is 1.25 bits per heavy atom.